The molecule has 0 atom stereocenters. The third kappa shape index (κ3) is 6.26. The highest BCUT2D eigenvalue weighted by molar-refractivity contribution is 8.26. The maximum absolute atomic E-state index is 13.8. The number of hydrogen-bond donors (Lipinski definition) is 0. The maximum atomic E-state index is 13.8. The molecule has 1 amide bonds. The first-order chi connectivity index (χ1) is 18.9. The fourth-order valence-electron chi connectivity index (χ4n) is 5.09. The molecule has 2 aromatic heterocycles. The van der Waals surface area contributed by atoms with Gasteiger partial charge in [0.25, 0.3) is 11.5 Å². The standard InChI is InChI=1S/C30H35N5O2S2/c1-3-4-5-9-14-34-29(37)25(39-30(34)38)19-24-27(31-26-13-12-22(2)20-35(26)28(24)36)33-17-15-32(16-18-33)21-23-10-7-6-8-11-23/h6-8,10-13,19-20H,3-5,9,14-18,21H2,1-2H3/b25-19+. The Hall–Kier alpha value is -3.01. The Morgan fingerprint density at radius 1 is 1.00 bits per heavy atom. The van der Waals surface area contributed by atoms with Gasteiger partial charge in [0.1, 0.15) is 15.8 Å². The summed E-state index contributed by atoms with van der Waals surface area (Å²) in [7, 11) is 0. The minimum Gasteiger partial charge on any atom is -0.353 e. The highest BCUT2D eigenvalue weighted by Crippen LogP contribution is 2.34. The van der Waals surface area contributed by atoms with Gasteiger partial charge in [-0.3, -0.25) is 23.8 Å². The summed E-state index contributed by atoms with van der Waals surface area (Å²) in [5.74, 6) is 0.519. The number of benzene rings is 1. The van der Waals surface area contributed by atoms with E-state index >= 15 is 0 Å². The molecule has 0 radical (unpaired) electrons. The molecular formula is C30H35N5O2S2. The van der Waals surface area contributed by atoms with Gasteiger partial charge in [0.15, 0.2) is 0 Å². The highest BCUT2D eigenvalue weighted by Gasteiger charge is 2.33. The molecule has 1 aromatic carbocycles. The molecule has 39 heavy (non-hydrogen) atoms. The van der Waals surface area contributed by atoms with Gasteiger partial charge in [-0.25, -0.2) is 4.98 Å². The predicted octanol–water partition coefficient (Wildman–Crippen LogP) is 5.11. The summed E-state index contributed by atoms with van der Waals surface area (Å²) in [6.45, 7) is 8.87. The number of carbonyl (C=O) groups is 1. The van der Waals surface area contributed by atoms with Crippen LogP contribution in [0.3, 0.4) is 0 Å². The Balaban J connectivity index is 1.43. The largest absolute Gasteiger partial charge is 0.353 e. The SMILES string of the molecule is CCCCCCN1C(=O)/C(=C\c2c(N3CCN(Cc4ccccc4)CC3)nc3ccc(C)cn3c2=O)SC1=S. The number of aromatic nitrogens is 2. The Bertz CT molecular complexity index is 1440. The number of nitrogens with zero attached hydrogens (tertiary/aromatic N) is 5. The van der Waals surface area contributed by atoms with E-state index in [1.807, 2.05) is 31.3 Å². The number of hydrogen-bond acceptors (Lipinski definition) is 7. The number of pyridine rings is 1. The van der Waals surface area contributed by atoms with E-state index in [4.69, 9.17) is 17.2 Å². The summed E-state index contributed by atoms with van der Waals surface area (Å²) in [5.41, 5.74) is 3.14. The number of rotatable bonds is 9. The van der Waals surface area contributed by atoms with E-state index in [9.17, 15) is 9.59 Å². The molecule has 2 saturated heterocycles. The van der Waals surface area contributed by atoms with Crippen molar-refractivity contribution in [1.82, 2.24) is 19.2 Å². The molecule has 2 fully saturated rings. The number of thiocarbonyl (C=S) groups is 1. The topological polar surface area (TPSA) is 61.2 Å². The van der Waals surface area contributed by atoms with Crippen LogP contribution in [0.1, 0.15) is 49.3 Å². The van der Waals surface area contributed by atoms with E-state index in [0.717, 1.165) is 64.0 Å². The number of carbonyl (C=O) groups excluding carboxylic acids is 1. The van der Waals surface area contributed by atoms with Crippen molar-refractivity contribution in [2.75, 3.05) is 37.6 Å². The quantitative estimate of drug-likeness (QED) is 0.205. The van der Waals surface area contributed by atoms with E-state index in [1.165, 1.54) is 17.3 Å². The van der Waals surface area contributed by atoms with E-state index in [0.29, 0.717) is 32.8 Å². The molecule has 0 aliphatic carbocycles. The second-order valence-corrected chi connectivity index (χ2v) is 11.9. The molecule has 3 aromatic rings. The van der Waals surface area contributed by atoms with Crippen LogP contribution < -0.4 is 10.5 Å². The summed E-state index contributed by atoms with van der Waals surface area (Å²) in [5, 5.41) is 0. The van der Waals surface area contributed by atoms with Crippen LogP contribution in [0, 0.1) is 6.92 Å². The Morgan fingerprint density at radius 2 is 1.77 bits per heavy atom. The Kier molecular flexibility index (Phi) is 8.79. The number of piperazine rings is 1. The highest BCUT2D eigenvalue weighted by atomic mass is 32.2. The lowest BCUT2D eigenvalue weighted by Crippen LogP contribution is -2.47. The Morgan fingerprint density at radius 3 is 2.51 bits per heavy atom. The lowest BCUT2D eigenvalue weighted by Gasteiger charge is -2.36. The van der Waals surface area contributed by atoms with Crippen LogP contribution in [-0.2, 0) is 11.3 Å². The van der Waals surface area contributed by atoms with Crippen LogP contribution in [0.5, 0.6) is 0 Å². The lowest BCUT2D eigenvalue weighted by molar-refractivity contribution is -0.122. The van der Waals surface area contributed by atoms with Crippen molar-refractivity contribution >= 4 is 51.7 Å². The molecule has 7 nitrogen and oxygen atoms in total. The van der Waals surface area contributed by atoms with Crippen molar-refractivity contribution in [1.29, 1.82) is 0 Å². The molecule has 4 heterocycles. The van der Waals surface area contributed by atoms with Gasteiger partial charge in [-0.15, -0.1) is 0 Å². The molecule has 0 spiro atoms. The summed E-state index contributed by atoms with van der Waals surface area (Å²) < 4.78 is 2.14. The number of anilines is 1. The molecule has 0 saturated carbocycles. The summed E-state index contributed by atoms with van der Waals surface area (Å²) >= 11 is 6.83. The molecule has 204 valence electrons. The van der Waals surface area contributed by atoms with Gasteiger partial charge in [-0.2, -0.15) is 0 Å². The monoisotopic (exact) mass is 561 g/mol. The average molecular weight is 562 g/mol. The second kappa shape index (κ2) is 12.4. The molecule has 9 heteroatoms. The van der Waals surface area contributed by atoms with Crippen LogP contribution in [0.25, 0.3) is 11.7 Å². The van der Waals surface area contributed by atoms with Crippen LogP contribution in [0.4, 0.5) is 5.82 Å². The predicted molar refractivity (Wildman–Crippen MR) is 164 cm³/mol. The third-order valence-corrected chi connectivity index (χ3v) is 8.67. The molecule has 0 unspecified atom stereocenters. The number of unbranched alkanes of at least 4 members (excludes halogenated alkanes) is 3. The molecule has 2 aliphatic heterocycles. The van der Waals surface area contributed by atoms with E-state index in [2.05, 4.69) is 41.0 Å². The van der Waals surface area contributed by atoms with Crippen molar-refractivity contribution in [3.05, 3.63) is 80.6 Å². The smallest absolute Gasteiger partial charge is 0.267 e. The maximum Gasteiger partial charge on any atom is 0.267 e. The van der Waals surface area contributed by atoms with E-state index in [-0.39, 0.29) is 11.5 Å². The van der Waals surface area contributed by atoms with Gasteiger partial charge in [0.2, 0.25) is 0 Å². The first kappa shape index (κ1) is 27.6. The van der Waals surface area contributed by atoms with Crippen molar-refractivity contribution in [3.8, 4) is 0 Å². The summed E-state index contributed by atoms with van der Waals surface area (Å²) in [6, 6.07) is 14.3. The zero-order valence-corrected chi connectivity index (χ0v) is 24.3. The summed E-state index contributed by atoms with van der Waals surface area (Å²) in [4.78, 5) is 38.9. The van der Waals surface area contributed by atoms with Crippen LogP contribution in [-0.4, -0.2) is 62.1 Å². The van der Waals surface area contributed by atoms with Gasteiger partial charge < -0.3 is 4.90 Å². The van der Waals surface area contributed by atoms with Crippen LogP contribution >= 0.6 is 24.0 Å². The van der Waals surface area contributed by atoms with Gasteiger partial charge in [0, 0.05) is 45.5 Å². The Labute approximate surface area is 239 Å². The third-order valence-electron chi connectivity index (χ3n) is 7.29. The number of amides is 1. The van der Waals surface area contributed by atoms with Crippen molar-refractivity contribution in [2.45, 2.75) is 46.1 Å². The van der Waals surface area contributed by atoms with Crippen molar-refractivity contribution < 1.29 is 4.79 Å². The molecule has 2 aliphatic rings. The van der Waals surface area contributed by atoms with Gasteiger partial charge in [0.05, 0.1) is 10.5 Å². The van der Waals surface area contributed by atoms with E-state index < -0.39 is 0 Å². The molecular weight excluding hydrogens is 526 g/mol. The van der Waals surface area contributed by atoms with Gasteiger partial charge in [-0.05, 0) is 36.6 Å². The average Bonchev–Trinajstić information content (AvgIpc) is 3.21. The minimum atomic E-state index is -0.168. The normalized spacial score (nSPS) is 17.6. The zero-order chi connectivity index (χ0) is 27.4. The van der Waals surface area contributed by atoms with Crippen LogP contribution in [0.2, 0.25) is 0 Å². The number of thioether (sulfide) groups is 1. The number of fused-ring (bicyclic) bond motifs is 1. The molecule has 0 N–H and O–H groups in total. The number of aryl methyl sites for hydroxylation is 1. The lowest BCUT2D eigenvalue weighted by atomic mass is 10.1. The van der Waals surface area contributed by atoms with E-state index in [1.54, 1.807) is 15.4 Å². The second-order valence-electron chi connectivity index (χ2n) is 10.2. The zero-order valence-electron chi connectivity index (χ0n) is 22.6. The molecule has 5 rings (SSSR count). The first-order valence-corrected chi connectivity index (χ1v) is 15.0. The van der Waals surface area contributed by atoms with Crippen molar-refractivity contribution in [2.24, 2.45) is 0 Å². The van der Waals surface area contributed by atoms with Crippen molar-refractivity contribution in [3.63, 3.8) is 0 Å². The van der Waals surface area contributed by atoms with Gasteiger partial charge in [-0.1, -0.05) is 86.6 Å². The fourth-order valence-corrected chi connectivity index (χ4v) is 6.38. The first-order valence-electron chi connectivity index (χ1n) is 13.7. The minimum absolute atomic E-state index is 0.117. The van der Waals surface area contributed by atoms with Crippen LogP contribution in [0.15, 0.2) is 58.4 Å². The summed E-state index contributed by atoms with van der Waals surface area (Å²) in [6.07, 6.45) is 7.81. The molecule has 0 bridgehead atoms. The fraction of sp³-hybridized carbons (Fsp3) is 0.400. The van der Waals surface area contributed by atoms with Gasteiger partial charge >= 0.3 is 0 Å².